The van der Waals surface area contributed by atoms with E-state index in [-0.39, 0.29) is 17.5 Å². The number of aromatic nitrogens is 2. The fraction of sp³-hybridized carbons (Fsp3) is 0.438. The van der Waals surface area contributed by atoms with Gasteiger partial charge in [0, 0.05) is 43.9 Å². The Labute approximate surface area is 147 Å². The summed E-state index contributed by atoms with van der Waals surface area (Å²) in [4.78, 5) is 0.203. The number of nitrogens with zero attached hydrogens (tertiary/aromatic N) is 3. The van der Waals surface area contributed by atoms with Crippen LogP contribution in [0.1, 0.15) is 25.0 Å². The van der Waals surface area contributed by atoms with Crippen LogP contribution in [0, 0.1) is 0 Å². The average molecular weight is 370 g/mol. The van der Waals surface area contributed by atoms with Crippen molar-refractivity contribution < 1.29 is 13.2 Å². The number of sulfonamides is 1. The summed E-state index contributed by atoms with van der Waals surface area (Å²) in [6, 6.07) is 3.14. The molecule has 0 radical (unpaired) electrons. The van der Waals surface area contributed by atoms with Crippen LogP contribution in [0.3, 0.4) is 0 Å². The third-order valence-corrected chi connectivity index (χ3v) is 6.21. The van der Waals surface area contributed by atoms with Gasteiger partial charge in [-0.15, -0.1) is 0 Å². The number of hydrogen-bond acceptors (Lipinski definition) is 4. The number of hydrogen-bond donors (Lipinski definition) is 0. The first-order valence-electron chi connectivity index (χ1n) is 7.78. The van der Waals surface area contributed by atoms with Gasteiger partial charge in [0.2, 0.25) is 10.0 Å². The Balaban J connectivity index is 1.94. The highest BCUT2D eigenvalue weighted by atomic mass is 35.5. The molecule has 1 aromatic heterocycles. The molecule has 130 valence electrons. The summed E-state index contributed by atoms with van der Waals surface area (Å²) >= 11 is 6.24. The van der Waals surface area contributed by atoms with E-state index in [1.54, 1.807) is 24.0 Å². The molecule has 0 N–H and O–H groups in total. The van der Waals surface area contributed by atoms with E-state index >= 15 is 0 Å². The molecular weight excluding hydrogens is 350 g/mol. The number of halogens is 1. The third-order valence-electron chi connectivity index (χ3n) is 4.03. The largest absolute Gasteiger partial charge is 0.489 e. The zero-order valence-corrected chi connectivity index (χ0v) is 15.4. The summed E-state index contributed by atoms with van der Waals surface area (Å²) in [6.45, 7) is 4.38. The van der Waals surface area contributed by atoms with Gasteiger partial charge in [-0.25, -0.2) is 8.42 Å². The van der Waals surface area contributed by atoms with Crippen LogP contribution >= 0.6 is 11.6 Å². The highest BCUT2D eigenvalue weighted by Gasteiger charge is 2.29. The smallest absolute Gasteiger partial charge is 0.243 e. The molecule has 0 saturated heterocycles. The fourth-order valence-electron chi connectivity index (χ4n) is 2.88. The maximum Gasteiger partial charge on any atom is 0.243 e. The van der Waals surface area contributed by atoms with Crippen molar-refractivity contribution >= 4 is 21.6 Å². The molecule has 1 aromatic carbocycles. The lowest BCUT2D eigenvalue weighted by molar-refractivity contribution is 0.255. The molecule has 8 heteroatoms. The van der Waals surface area contributed by atoms with Crippen molar-refractivity contribution in [2.75, 3.05) is 6.54 Å². The Morgan fingerprint density at radius 3 is 2.83 bits per heavy atom. The lowest BCUT2D eigenvalue weighted by Gasteiger charge is -2.20. The Bertz CT molecular complexity index is 863. The first kappa shape index (κ1) is 17.3. The molecule has 1 aliphatic rings. The van der Waals surface area contributed by atoms with Crippen LogP contribution < -0.4 is 4.74 Å². The predicted molar refractivity (Wildman–Crippen MR) is 91.7 cm³/mol. The standard InChI is InChI=1S/C16H20ClN3O3S/c1-4-20(10-12-8-18-19(3)9-12)24(21,22)14-6-13-5-11(2)23-16(13)15(17)7-14/h6-9,11H,4-5,10H2,1-3H3. The van der Waals surface area contributed by atoms with Gasteiger partial charge in [-0.1, -0.05) is 18.5 Å². The SMILES string of the molecule is CCN(Cc1cnn(C)c1)S(=O)(=O)c1cc(Cl)c2c(c1)CC(C)O2. The van der Waals surface area contributed by atoms with Crippen LogP contribution in [0.4, 0.5) is 0 Å². The van der Waals surface area contributed by atoms with Crippen LogP contribution in [-0.4, -0.2) is 35.2 Å². The highest BCUT2D eigenvalue weighted by Crippen LogP contribution is 2.38. The molecule has 0 aliphatic carbocycles. The molecule has 6 nitrogen and oxygen atoms in total. The van der Waals surface area contributed by atoms with Gasteiger partial charge in [0.25, 0.3) is 0 Å². The predicted octanol–water partition coefficient (Wildman–Crippen LogP) is 2.61. The Hall–Kier alpha value is -1.57. The minimum atomic E-state index is -3.65. The second-order valence-corrected chi connectivity index (χ2v) is 8.32. The van der Waals surface area contributed by atoms with Crippen LogP contribution in [0.15, 0.2) is 29.4 Å². The second-order valence-electron chi connectivity index (χ2n) is 5.98. The minimum absolute atomic E-state index is 0.00752. The van der Waals surface area contributed by atoms with Crippen molar-refractivity contribution in [3.05, 3.63) is 40.7 Å². The molecule has 1 unspecified atom stereocenters. The van der Waals surface area contributed by atoms with Crippen LogP contribution in [0.25, 0.3) is 0 Å². The summed E-state index contributed by atoms with van der Waals surface area (Å²) in [6.07, 6.45) is 4.15. The maximum absolute atomic E-state index is 13.0. The van der Waals surface area contributed by atoms with Crippen molar-refractivity contribution in [3.63, 3.8) is 0 Å². The van der Waals surface area contributed by atoms with E-state index in [9.17, 15) is 8.42 Å². The van der Waals surface area contributed by atoms with Gasteiger partial charge in [0.15, 0.2) is 0 Å². The first-order chi connectivity index (χ1) is 11.3. The van der Waals surface area contributed by atoms with Crippen molar-refractivity contribution in [1.29, 1.82) is 0 Å². The van der Waals surface area contributed by atoms with Gasteiger partial charge in [-0.2, -0.15) is 9.40 Å². The Kier molecular flexibility index (Phi) is 4.59. The van der Waals surface area contributed by atoms with Crippen LogP contribution in [0.5, 0.6) is 5.75 Å². The number of rotatable bonds is 5. The summed E-state index contributed by atoms with van der Waals surface area (Å²) in [7, 11) is -1.84. The van der Waals surface area contributed by atoms with E-state index in [1.165, 1.54) is 10.4 Å². The van der Waals surface area contributed by atoms with Crippen molar-refractivity contribution in [1.82, 2.24) is 14.1 Å². The van der Waals surface area contributed by atoms with E-state index in [0.29, 0.717) is 23.7 Å². The van der Waals surface area contributed by atoms with Crippen molar-refractivity contribution in [2.24, 2.45) is 7.05 Å². The number of benzene rings is 1. The highest BCUT2D eigenvalue weighted by molar-refractivity contribution is 7.89. The fourth-order valence-corrected chi connectivity index (χ4v) is 4.74. The Morgan fingerprint density at radius 1 is 1.46 bits per heavy atom. The molecule has 0 bridgehead atoms. The van der Waals surface area contributed by atoms with E-state index < -0.39 is 10.0 Å². The van der Waals surface area contributed by atoms with Gasteiger partial charge in [-0.3, -0.25) is 4.68 Å². The molecule has 0 spiro atoms. The first-order valence-corrected chi connectivity index (χ1v) is 9.59. The van der Waals surface area contributed by atoms with Gasteiger partial charge in [0.05, 0.1) is 16.1 Å². The zero-order chi connectivity index (χ0) is 17.5. The zero-order valence-electron chi connectivity index (χ0n) is 13.9. The quantitative estimate of drug-likeness (QED) is 0.812. The summed E-state index contributed by atoms with van der Waals surface area (Å²) in [5, 5.41) is 4.43. The molecule has 2 heterocycles. The summed E-state index contributed by atoms with van der Waals surface area (Å²) in [5.41, 5.74) is 1.68. The van der Waals surface area contributed by atoms with Gasteiger partial charge < -0.3 is 4.74 Å². The lowest BCUT2D eigenvalue weighted by Crippen LogP contribution is -2.30. The van der Waals surface area contributed by atoms with Gasteiger partial charge in [0.1, 0.15) is 11.9 Å². The van der Waals surface area contributed by atoms with Gasteiger partial charge >= 0.3 is 0 Å². The van der Waals surface area contributed by atoms with Crippen molar-refractivity contribution in [3.8, 4) is 5.75 Å². The third kappa shape index (κ3) is 3.16. The van der Waals surface area contributed by atoms with E-state index in [4.69, 9.17) is 16.3 Å². The van der Waals surface area contributed by atoms with Crippen LogP contribution in [-0.2, 0) is 30.0 Å². The minimum Gasteiger partial charge on any atom is -0.489 e. The molecule has 24 heavy (non-hydrogen) atoms. The monoisotopic (exact) mass is 369 g/mol. The number of aryl methyl sites for hydroxylation is 1. The normalized spacial score (nSPS) is 17.1. The molecule has 0 fully saturated rings. The number of fused-ring (bicyclic) bond motifs is 1. The molecule has 3 rings (SSSR count). The summed E-state index contributed by atoms with van der Waals surface area (Å²) in [5.74, 6) is 0.596. The number of ether oxygens (including phenoxy) is 1. The van der Waals surface area contributed by atoms with Gasteiger partial charge in [-0.05, 0) is 19.1 Å². The van der Waals surface area contributed by atoms with Crippen LogP contribution in [0.2, 0.25) is 5.02 Å². The molecule has 1 atom stereocenters. The molecular formula is C16H20ClN3O3S. The molecule has 0 saturated carbocycles. The lowest BCUT2D eigenvalue weighted by atomic mass is 10.1. The Morgan fingerprint density at radius 2 is 2.21 bits per heavy atom. The van der Waals surface area contributed by atoms with E-state index in [1.807, 2.05) is 20.0 Å². The maximum atomic E-state index is 13.0. The van der Waals surface area contributed by atoms with Crippen molar-refractivity contribution in [2.45, 2.75) is 37.8 Å². The molecule has 0 amide bonds. The summed E-state index contributed by atoms with van der Waals surface area (Å²) < 4.78 is 34.7. The molecule has 2 aromatic rings. The molecule has 1 aliphatic heterocycles. The van der Waals surface area contributed by atoms with E-state index in [0.717, 1.165) is 11.1 Å². The second kappa shape index (κ2) is 6.38. The van der Waals surface area contributed by atoms with E-state index in [2.05, 4.69) is 5.10 Å². The average Bonchev–Trinajstić information content (AvgIpc) is 3.09. The topological polar surface area (TPSA) is 64.4 Å².